The van der Waals surface area contributed by atoms with E-state index in [1.807, 2.05) is 13.8 Å². The Morgan fingerprint density at radius 2 is 1.90 bits per heavy atom. The normalized spacial score (nSPS) is 20.4. The number of aliphatic carboxylic acids is 1. The average molecular weight is 303 g/mol. The molecule has 1 heterocycles. The molecule has 3 N–H and O–H groups in total. The molecule has 114 valence electrons. The van der Waals surface area contributed by atoms with Crippen LogP contribution in [0.3, 0.4) is 0 Å². The van der Waals surface area contributed by atoms with Crippen molar-refractivity contribution >= 4 is 29.7 Å². The molecule has 7 nitrogen and oxygen atoms in total. The van der Waals surface area contributed by atoms with Gasteiger partial charge in [-0.3, -0.25) is 4.79 Å². The van der Waals surface area contributed by atoms with E-state index in [0.29, 0.717) is 18.1 Å². The lowest BCUT2D eigenvalue weighted by molar-refractivity contribution is -0.141. The van der Waals surface area contributed by atoms with Gasteiger partial charge in [-0.1, -0.05) is 0 Å². The summed E-state index contributed by atoms with van der Waals surface area (Å²) in [6.45, 7) is 5.60. The fourth-order valence-electron chi connectivity index (χ4n) is 1.79. The number of thioether (sulfide) groups is 1. The number of hydrogen-bond acceptors (Lipinski definition) is 4. The second-order valence-corrected chi connectivity index (χ2v) is 6.11. The van der Waals surface area contributed by atoms with E-state index in [1.165, 1.54) is 16.7 Å². The summed E-state index contributed by atoms with van der Waals surface area (Å²) in [6, 6.07) is -2.06. The van der Waals surface area contributed by atoms with Gasteiger partial charge in [-0.05, 0) is 20.8 Å². The number of amides is 3. The van der Waals surface area contributed by atoms with Crippen LogP contribution in [0.5, 0.6) is 0 Å². The molecule has 1 aliphatic rings. The van der Waals surface area contributed by atoms with Crippen LogP contribution in [0.15, 0.2) is 0 Å². The smallest absolute Gasteiger partial charge is 0.327 e. The van der Waals surface area contributed by atoms with Crippen LogP contribution in [0, 0.1) is 0 Å². The van der Waals surface area contributed by atoms with E-state index in [0.717, 1.165) is 0 Å². The number of nitrogens with one attached hydrogen (secondary N) is 2. The molecule has 0 aromatic heterocycles. The van der Waals surface area contributed by atoms with Gasteiger partial charge in [0.25, 0.3) is 0 Å². The van der Waals surface area contributed by atoms with Crippen molar-refractivity contribution in [3.05, 3.63) is 0 Å². The monoisotopic (exact) mass is 303 g/mol. The van der Waals surface area contributed by atoms with Crippen molar-refractivity contribution in [1.82, 2.24) is 15.5 Å². The first-order valence-electron chi connectivity index (χ1n) is 6.51. The van der Waals surface area contributed by atoms with E-state index in [9.17, 15) is 14.4 Å². The molecule has 20 heavy (non-hydrogen) atoms. The Bertz CT molecular complexity index is 389. The number of nitrogens with zero attached hydrogens (tertiary/aromatic N) is 1. The first kappa shape index (κ1) is 16.6. The van der Waals surface area contributed by atoms with Gasteiger partial charge in [0.05, 0.1) is 0 Å². The fraction of sp³-hybridized carbons (Fsp3) is 0.750. The van der Waals surface area contributed by atoms with Crippen molar-refractivity contribution in [2.75, 3.05) is 18.1 Å². The molecule has 0 aliphatic carbocycles. The number of carbonyl (C=O) groups is 3. The maximum Gasteiger partial charge on any atom is 0.327 e. The topological polar surface area (TPSA) is 98.7 Å². The summed E-state index contributed by atoms with van der Waals surface area (Å²) < 4.78 is 0. The molecule has 1 rings (SSSR count). The summed E-state index contributed by atoms with van der Waals surface area (Å²) in [4.78, 5) is 36.2. The van der Waals surface area contributed by atoms with Crippen molar-refractivity contribution in [1.29, 1.82) is 0 Å². The van der Waals surface area contributed by atoms with Gasteiger partial charge in [0, 0.05) is 24.1 Å². The van der Waals surface area contributed by atoms with E-state index >= 15 is 0 Å². The minimum atomic E-state index is -1.02. The molecule has 0 spiro atoms. The van der Waals surface area contributed by atoms with E-state index in [-0.39, 0.29) is 11.9 Å². The maximum atomic E-state index is 12.1. The summed E-state index contributed by atoms with van der Waals surface area (Å²) in [5.41, 5.74) is 0. The largest absolute Gasteiger partial charge is 0.480 e. The molecule has 2 unspecified atom stereocenters. The van der Waals surface area contributed by atoms with Gasteiger partial charge in [-0.2, -0.15) is 11.8 Å². The van der Waals surface area contributed by atoms with Gasteiger partial charge in [0.2, 0.25) is 5.91 Å². The summed E-state index contributed by atoms with van der Waals surface area (Å²) in [5, 5.41) is 14.3. The second kappa shape index (κ2) is 7.37. The lowest BCUT2D eigenvalue weighted by Gasteiger charge is -2.33. The first-order valence-corrected chi connectivity index (χ1v) is 7.66. The van der Waals surface area contributed by atoms with Crippen molar-refractivity contribution < 1.29 is 19.5 Å². The third-order valence-electron chi connectivity index (χ3n) is 2.84. The third-order valence-corrected chi connectivity index (χ3v) is 3.86. The van der Waals surface area contributed by atoms with Crippen LogP contribution >= 0.6 is 11.8 Å². The zero-order chi connectivity index (χ0) is 15.3. The molecule has 0 saturated carbocycles. The molecule has 0 aromatic carbocycles. The quantitative estimate of drug-likeness (QED) is 0.685. The van der Waals surface area contributed by atoms with Crippen LogP contribution in [0.25, 0.3) is 0 Å². The summed E-state index contributed by atoms with van der Waals surface area (Å²) in [5.74, 6) is -0.239. The predicted molar refractivity (Wildman–Crippen MR) is 76.7 cm³/mol. The average Bonchev–Trinajstić information content (AvgIpc) is 2.37. The fourth-order valence-corrected chi connectivity index (χ4v) is 2.83. The van der Waals surface area contributed by atoms with Crippen LogP contribution in [0.1, 0.15) is 20.8 Å². The maximum absolute atomic E-state index is 12.1. The number of urea groups is 1. The molecule has 2 atom stereocenters. The summed E-state index contributed by atoms with van der Waals surface area (Å²) >= 11 is 1.50. The van der Waals surface area contributed by atoms with Crippen molar-refractivity contribution in [2.24, 2.45) is 0 Å². The lowest BCUT2D eigenvalue weighted by atomic mass is 10.2. The van der Waals surface area contributed by atoms with Gasteiger partial charge in [-0.25, -0.2) is 9.59 Å². The van der Waals surface area contributed by atoms with Gasteiger partial charge in [0.1, 0.15) is 12.1 Å². The van der Waals surface area contributed by atoms with Crippen LogP contribution in [0.4, 0.5) is 4.79 Å². The second-order valence-electron chi connectivity index (χ2n) is 4.96. The Morgan fingerprint density at radius 3 is 2.45 bits per heavy atom. The minimum Gasteiger partial charge on any atom is -0.480 e. The zero-order valence-electron chi connectivity index (χ0n) is 11.9. The molecule has 1 aliphatic heterocycles. The zero-order valence-corrected chi connectivity index (χ0v) is 12.7. The molecule has 8 heteroatoms. The number of hydrogen-bond donors (Lipinski definition) is 3. The van der Waals surface area contributed by atoms with E-state index in [1.54, 1.807) is 6.92 Å². The minimum absolute atomic E-state index is 0.0139. The predicted octanol–water partition coefficient (Wildman–Crippen LogP) is 0.111. The highest BCUT2D eigenvalue weighted by Crippen LogP contribution is 2.16. The Hall–Kier alpha value is -1.44. The standard InChI is InChI=1S/C12H21N3O4S/c1-7(2)13-10(16)8(3)14-12(19)15-4-5-20-6-9(15)11(17)18/h7-9H,4-6H2,1-3H3,(H,13,16)(H,14,19)(H,17,18). The highest BCUT2D eigenvalue weighted by Gasteiger charge is 2.33. The summed E-state index contributed by atoms with van der Waals surface area (Å²) in [6.07, 6.45) is 0. The number of rotatable bonds is 4. The van der Waals surface area contributed by atoms with Crippen LogP contribution < -0.4 is 10.6 Å². The van der Waals surface area contributed by atoms with Crippen molar-refractivity contribution in [3.8, 4) is 0 Å². The molecule has 3 amide bonds. The Morgan fingerprint density at radius 1 is 1.25 bits per heavy atom. The SMILES string of the molecule is CC(C)NC(=O)C(C)NC(=O)N1CCSCC1C(=O)O. The molecule has 1 fully saturated rings. The lowest BCUT2D eigenvalue weighted by Crippen LogP contribution is -2.57. The van der Waals surface area contributed by atoms with Crippen LogP contribution in [0.2, 0.25) is 0 Å². The highest BCUT2D eigenvalue weighted by molar-refractivity contribution is 7.99. The molecular weight excluding hydrogens is 282 g/mol. The first-order chi connectivity index (χ1) is 9.32. The van der Waals surface area contributed by atoms with E-state index in [4.69, 9.17) is 5.11 Å². The highest BCUT2D eigenvalue weighted by atomic mass is 32.2. The van der Waals surface area contributed by atoms with Gasteiger partial charge in [-0.15, -0.1) is 0 Å². The molecule has 0 aromatic rings. The third kappa shape index (κ3) is 4.59. The van der Waals surface area contributed by atoms with Crippen LogP contribution in [-0.2, 0) is 9.59 Å². The van der Waals surface area contributed by atoms with Crippen molar-refractivity contribution in [3.63, 3.8) is 0 Å². The van der Waals surface area contributed by atoms with Gasteiger partial charge < -0.3 is 20.6 Å². The summed E-state index contributed by atoms with van der Waals surface area (Å²) in [7, 11) is 0. The van der Waals surface area contributed by atoms with Crippen molar-refractivity contribution in [2.45, 2.75) is 38.9 Å². The number of carboxylic acid groups (broad SMARTS) is 1. The molecule has 0 bridgehead atoms. The van der Waals surface area contributed by atoms with Gasteiger partial charge in [0.15, 0.2) is 0 Å². The molecule has 0 radical (unpaired) electrons. The Balaban J connectivity index is 2.60. The number of carbonyl (C=O) groups excluding carboxylic acids is 2. The van der Waals surface area contributed by atoms with Crippen LogP contribution in [-0.4, -0.2) is 64.1 Å². The Labute approximate surface area is 122 Å². The Kier molecular flexibility index (Phi) is 6.12. The molecule has 1 saturated heterocycles. The van der Waals surface area contributed by atoms with E-state index in [2.05, 4.69) is 10.6 Å². The molecular formula is C12H21N3O4S. The van der Waals surface area contributed by atoms with Gasteiger partial charge >= 0.3 is 12.0 Å². The number of carboxylic acids is 1. The van der Waals surface area contributed by atoms with E-state index < -0.39 is 24.1 Å².